The topological polar surface area (TPSA) is 55.8 Å². The fraction of sp³-hybridized carbons (Fsp3) is 0.867. The Bertz CT molecular complexity index is 374. The van der Waals surface area contributed by atoms with Crippen molar-refractivity contribution in [2.24, 2.45) is 5.92 Å². The number of esters is 1. The number of piperidine rings is 1. The summed E-state index contributed by atoms with van der Waals surface area (Å²) in [6.45, 7) is 5.79. The van der Waals surface area contributed by atoms with Gasteiger partial charge in [-0.2, -0.15) is 0 Å². The number of nitrogens with zero attached hydrogens (tertiary/aromatic N) is 1. The van der Waals surface area contributed by atoms with Gasteiger partial charge in [0.15, 0.2) is 5.78 Å². The van der Waals surface area contributed by atoms with Crippen molar-refractivity contribution in [3.8, 4) is 0 Å². The van der Waals surface area contributed by atoms with Gasteiger partial charge < -0.3 is 14.4 Å². The molecule has 0 bridgehead atoms. The molecule has 2 unspecified atom stereocenters. The molecule has 0 aliphatic carbocycles. The highest BCUT2D eigenvalue weighted by atomic mass is 16.6. The number of ether oxygens (including phenoxy) is 2. The Kier molecular flexibility index (Phi) is 4.81. The van der Waals surface area contributed by atoms with E-state index in [4.69, 9.17) is 9.47 Å². The number of carbonyl (C=O) groups is 2. The molecule has 0 amide bonds. The first-order valence-corrected chi connectivity index (χ1v) is 7.60. The van der Waals surface area contributed by atoms with Gasteiger partial charge in [-0.15, -0.1) is 0 Å². The minimum absolute atomic E-state index is 0.0742. The fourth-order valence-corrected chi connectivity index (χ4v) is 3.28. The van der Waals surface area contributed by atoms with Crippen molar-refractivity contribution in [2.75, 3.05) is 26.7 Å². The SMILES string of the molecule is CCCC1OC2(CCN(C)CC2)C(C(=O)OCC)C1=O. The molecule has 0 aromatic heterocycles. The van der Waals surface area contributed by atoms with E-state index in [-0.39, 0.29) is 5.78 Å². The second-order valence-corrected chi connectivity index (χ2v) is 5.85. The monoisotopic (exact) mass is 283 g/mol. The van der Waals surface area contributed by atoms with E-state index in [0.29, 0.717) is 13.0 Å². The summed E-state index contributed by atoms with van der Waals surface area (Å²) in [5.41, 5.74) is -0.629. The van der Waals surface area contributed by atoms with Gasteiger partial charge in [0, 0.05) is 13.1 Å². The van der Waals surface area contributed by atoms with Crippen molar-refractivity contribution in [2.45, 2.75) is 51.2 Å². The van der Waals surface area contributed by atoms with Crippen LogP contribution in [0.15, 0.2) is 0 Å². The molecule has 20 heavy (non-hydrogen) atoms. The van der Waals surface area contributed by atoms with E-state index in [1.165, 1.54) is 0 Å². The number of hydrogen-bond donors (Lipinski definition) is 0. The number of ketones is 1. The predicted octanol–water partition coefficient (Wildman–Crippen LogP) is 1.40. The van der Waals surface area contributed by atoms with Crippen molar-refractivity contribution in [1.29, 1.82) is 0 Å². The molecular formula is C15H25NO4. The maximum Gasteiger partial charge on any atom is 0.319 e. The van der Waals surface area contributed by atoms with Gasteiger partial charge in [0.2, 0.25) is 0 Å². The summed E-state index contributed by atoms with van der Waals surface area (Å²) in [5.74, 6) is -1.21. The van der Waals surface area contributed by atoms with Crippen molar-refractivity contribution in [3.05, 3.63) is 0 Å². The first-order valence-electron chi connectivity index (χ1n) is 7.60. The highest BCUT2D eigenvalue weighted by molar-refractivity contribution is 6.04. The summed E-state index contributed by atoms with van der Waals surface area (Å²) in [5, 5.41) is 0. The van der Waals surface area contributed by atoms with Crippen molar-refractivity contribution in [3.63, 3.8) is 0 Å². The number of carbonyl (C=O) groups excluding carboxylic acids is 2. The van der Waals surface area contributed by atoms with E-state index >= 15 is 0 Å². The van der Waals surface area contributed by atoms with Crippen LogP contribution in [0, 0.1) is 5.92 Å². The zero-order valence-corrected chi connectivity index (χ0v) is 12.7. The average molecular weight is 283 g/mol. The smallest absolute Gasteiger partial charge is 0.319 e. The summed E-state index contributed by atoms with van der Waals surface area (Å²) in [4.78, 5) is 27.0. The lowest BCUT2D eigenvalue weighted by Gasteiger charge is -2.39. The Hall–Kier alpha value is -0.940. The molecule has 2 atom stereocenters. The van der Waals surface area contributed by atoms with Crippen LogP contribution in [0.2, 0.25) is 0 Å². The molecule has 2 aliphatic heterocycles. The summed E-state index contributed by atoms with van der Waals surface area (Å²) in [6, 6.07) is 0. The van der Waals surface area contributed by atoms with Gasteiger partial charge in [0.25, 0.3) is 0 Å². The summed E-state index contributed by atoms with van der Waals surface area (Å²) < 4.78 is 11.2. The molecule has 2 heterocycles. The van der Waals surface area contributed by atoms with Gasteiger partial charge in [-0.25, -0.2) is 0 Å². The molecule has 1 spiro atoms. The molecule has 2 fully saturated rings. The zero-order valence-electron chi connectivity index (χ0n) is 12.7. The Morgan fingerprint density at radius 1 is 1.40 bits per heavy atom. The third-order valence-corrected chi connectivity index (χ3v) is 4.41. The van der Waals surface area contributed by atoms with E-state index in [1.54, 1.807) is 6.92 Å². The van der Waals surface area contributed by atoms with Crippen LogP contribution < -0.4 is 0 Å². The minimum Gasteiger partial charge on any atom is -0.465 e. The Morgan fingerprint density at radius 3 is 2.60 bits per heavy atom. The molecule has 0 radical (unpaired) electrons. The highest BCUT2D eigenvalue weighted by Gasteiger charge is 2.58. The van der Waals surface area contributed by atoms with E-state index < -0.39 is 23.6 Å². The Balaban J connectivity index is 2.22. The number of likely N-dealkylation sites (tertiary alicyclic amines) is 1. The van der Waals surface area contributed by atoms with Crippen LogP contribution in [0.4, 0.5) is 0 Å². The molecule has 114 valence electrons. The zero-order chi connectivity index (χ0) is 14.8. The van der Waals surface area contributed by atoms with Gasteiger partial charge in [-0.3, -0.25) is 9.59 Å². The Morgan fingerprint density at radius 2 is 2.05 bits per heavy atom. The van der Waals surface area contributed by atoms with Gasteiger partial charge in [-0.05, 0) is 33.2 Å². The lowest BCUT2D eigenvalue weighted by atomic mass is 9.78. The second kappa shape index (κ2) is 6.22. The summed E-state index contributed by atoms with van der Waals surface area (Å²) >= 11 is 0. The average Bonchev–Trinajstić information content (AvgIpc) is 2.67. The van der Waals surface area contributed by atoms with E-state index in [2.05, 4.69) is 4.90 Å². The van der Waals surface area contributed by atoms with Crippen LogP contribution in [-0.4, -0.2) is 55.1 Å². The lowest BCUT2D eigenvalue weighted by molar-refractivity contribution is -0.159. The quantitative estimate of drug-likeness (QED) is 0.576. The molecule has 5 nitrogen and oxygen atoms in total. The van der Waals surface area contributed by atoms with Crippen LogP contribution in [0.25, 0.3) is 0 Å². The fourth-order valence-electron chi connectivity index (χ4n) is 3.28. The van der Waals surface area contributed by atoms with E-state index in [1.807, 2.05) is 14.0 Å². The number of Topliss-reactive ketones (excluding diaryl/α,β-unsaturated/α-hetero) is 1. The maximum atomic E-state index is 12.5. The second-order valence-electron chi connectivity index (χ2n) is 5.85. The third kappa shape index (κ3) is 2.74. The van der Waals surface area contributed by atoms with Gasteiger partial charge >= 0.3 is 5.97 Å². The first kappa shape index (κ1) is 15.4. The summed E-state index contributed by atoms with van der Waals surface area (Å²) in [6.07, 6.45) is 2.57. The largest absolute Gasteiger partial charge is 0.465 e. The van der Waals surface area contributed by atoms with Crippen LogP contribution in [0.5, 0.6) is 0 Å². The van der Waals surface area contributed by atoms with Crippen LogP contribution in [0.1, 0.15) is 39.5 Å². The van der Waals surface area contributed by atoms with E-state index in [0.717, 1.165) is 32.4 Å². The molecular weight excluding hydrogens is 258 g/mol. The molecule has 0 aromatic carbocycles. The normalized spacial score (nSPS) is 29.9. The van der Waals surface area contributed by atoms with Crippen molar-refractivity contribution < 1.29 is 19.1 Å². The molecule has 2 aliphatic rings. The van der Waals surface area contributed by atoms with Gasteiger partial charge in [0.1, 0.15) is 12.0 Å². The molecule has 2 rings (SSSR count). The van der Waals surface area contributed by atoms with E-state index in [9.17, 15) is 9.59 Å². The third-order valence-electron chi connectivity index (χ3n) is 4.41. The van der Waals surface area contributed by atoms with Crippen LogP contribution >= 0.6 is 0 Å². The minimum atomic E-state index is -0.729. The molecule has 0 N–H and O–H groups in total. The Labute approximate surface area is 120 Å². The van der Waals surface area contributed by atoms with Crippen molar-refractivity contribution >= 4 is 11.8 Å². The molecule has 2 saturated heterocycles. The first-order chi connectivity index (χ1) is 9.54. The number of rotatable bonds is 4. The standard InChI is InChI=1S/C15H25NO4/c1-4-6-11-13(17)12(14(18)19-5-2)15(20-11)7-9-16(3)10-8-15/h11-12H,4-10H2,1-3H3. The van der Waals surface area contributed by atoms with Gasteiger partial charge in [0.05, 0.1) is 12.2 Å². The summed E-state index contributed by atoms with van der Waals surface area (Å²) in [7, 11) is 2.05. The van der Waals surface area contributed by atoms with Crippen molar-refractivity contribution in [1.82, 2.24) is 4.90 Å². The van der Waals surface area contributed by atoms with Crippen LogP contribution in [-0.2, 0) is 19.1 Å². The number of hydrogen-bond acceptors (Lipinski definition) is 5. The molecule has 0 aromatic rings. The molecule has 5 heteroatoms. The predicted molar refractivity (Wildman–Crippen MR) is 74.4 cm³/mol. The molecule has 0 saturated carbocycles. The van der Waals surface area contributed by atoms with Gasteiger partial charge in [-0.1, -0.05) is 13.3 Å². The highest BCUT2D eigenvalue weighted by Crippen LogP contribution is 2.43. The maximum absolute atomic E-state index is 12.5. The van der Waals surface area contributed by atoms with Crippen LogP contribution in [0.3, 0.4) is 0 Å². The lowest BCUT2D eigenvalue weighted by Crippen LogP contribution is -2.50.